The molecular weight excluding hydrogens is 458 g/mol. The first-order valence-electron chi connectivity index (χ1n) is 10.3. The smallest absolute Gasteiger partial charge is 0.339 e. The van der Waals surface area contributed by atoms with Gasteiger partial charge in [0.05, 0.1) is 10.5 Å². The molecule has 10 heteroatoms. The summed E-state index contributed by atoms with van der Waals surface area (Å²) in [5.41, 5.74) is 0.514. The van der Waals surface area contributed by atoms with Crippen LogP contribution < -0.4 is 15.4 Å². The Labute approximate surface area is 197 Å². The molecule has 1 unspecified atom stereocenters. The second-order valence-electron chi connectivity index (χ2n) is 7.04. The summed E-state index contributed by atoms with van der Waals surface area (Å²) >= 11 is 0. The van der Waals surface area contributed by atoms with E-state index >= 15 is 0 Å². The molecule has 3 aromatic carbocycles. The van der Waals surface area contributed by atoms with Gasteiger partial charge in [-0.15, -0.1) is 0 Å². The molecule has 0 aliphatic carbocycles. The number of hydrogen-bond donors (Lipinski definition) is 3. The van der Waals surface area contributed by atoms with Crippen LogP contribution in [0.2, 0.25) is 0 Å². The molecule has 0 saturated carbocycles. The third-order valence-electron chi connectivity index (χ3n) is 4.54. The van der Waals surface area contributed by atoms with E-state index < -0.39 is 34.0 Å². The third-order valence-corrected chi connectivity index (χ3v) is 5.94. The molecule has 3 amide bonds. The van der Waals surface area contributed by atoms with Crippen molar-refractivity contribution >= 4 is 33.6 Å². The Bertz CT molecular complexity index is 1260. The van der Waals surface area contributed by atoms with Gasteiger partial charge in [0.1, 0.15) is 0 Å². The summed E-state index contributed by atoms with van der Waals surface area (Å²) in [6.45, 7) is 2.00. The normalized spacial score (nSPS) is 11.7. The van der Waals surface area contributed by atoms with Gasteiger partial charge in [0, 0.05) is 17.8 Å². The zero-order valence-corrected chi connectivity index (χ0v) is 19.0. The van der Waals surface area contributed by atoms with E-state index in [4.69, 9.17) is 4.74 Å². The Balaban J connectivity index is 1.80. The van der Waals surface area contributed by atoms with Crippen molar-refractivity contribution in [3.05, 3.63) is 96.1 Å². The van der Waals surface area contributed by atoms with Gasteiger partial charge in [-0.2, -0.15) is 0 Å². The lowest BCUT2D eigenvalue weighted by Gasteiger charge is -2.18. The predicted molar refractivity (Wildman–Crippen MR) is 126 cm³/mol. The number of nitrogens with one attached hydrogen (secondary N) is 3. The number of esters is 1. The van der Waals surface area contributed by atoms with Gasteiger partial charge in [0.15, 0.2) is 0 Å². The molecule has 0 saturated heterocycles. The van der Waals surface area contributed by atoms with Crippen molar-refractivity contribution in [2.75, 3.05) is 11.3 Å². The maximum Gasteiger partial charge on any atom is 0.339 e. The van der Waals surface area contributed by atoms with Gasteiger partial charge in [-0.1, -0.05) is 54.6 Å². The topological polar surface area (TPSA) is 131 Å². The number of amides is 3. The second-order valence-corrected chi connectivity index (χ2v) is 8.73. The van der Waals surface area contributed by atoms with Gasteiger partial charge in [-0.25, -0.2) is 18.0 Å². The van der Waals surface area contributed by atoms with Crippen molar-refractivity contribution < 1.29 is 27.5 Å². The Morgan fingerprint density at radius 3 is 2.18 bits per heavy atom. The zero-order valence-electron chi connectivity index (χ0n) is 18.2. The Hall–Kier alpha value is -4.18. The van der Waals surface area contributed by atoms with Crippen LogP contribution >= 0.6 is 0 Å². The summed E-state index contributed by atoms with van der Waals surface area (Å²) in [5.74, 6) is -1.70. The van der Waals surface area contributed by atoms with Crippen LogP contribution in [0, 0.1) is 0 Å². The summed E-state index contributed by atoms with van der Waals surface area (Å²) < 4.78 is 33.0. The predicted octanol–water partition coefficient (Wildman–Crippen LogP) is 3.23. The average Bonchev–Trinajstić information content (AvgIpc) is 2.83. The lowest BCUT2D eigenvalue weighted by atomic mass is 10.1. The number of rotatable bonds is 8. The minimum Gasteiger partial charge on any atom is -0.444 e. The quantitative estimate of drug-likeness (QED) is 0.424. The number of anilines is 1. The van der Waals surface area contributed by atoms with Gasteiger partial charge in [-0.05, 0) is 37.3 Å². The molecule has 0 radical (unpaired) electrons. The number of imide groups is 1. The lowest BCUT2D eigenvalue weighted by Crippen LogP contribution is -2.42. The third kappa shape index (κ3) is 6.42. The molecule has 0 bridgehead atoms. The SMILES string of the molecule is CCNC(=O)NC(=O)C(OC(=O)c1cccc(NS(=O)(=O)c2ccccc2)c1)c1ccccc1. The van der Waals surface area contributed by atoms with E-state index in [0.29, 0.717) is 12.1 Å². The molecule has 3 aromatic rings. The lowest BCUT2D eigenvalue weighted by molar-refractivity contribution is -0.129. The Kier molecular flexibility index (Phi) is 7.99. The molecule has 1 atom stereocenters. The van der Waals surface area contributed by atoms with Crippen LogP contribution in [0.4, 0.5) is 10.5 Å². The maximum absolute atomic E-state index is 12.9. The fourth-order valence-electron chi connectivity index (χ4n) is 2.98. The van der Waals surface area contributed by atoms with E-state index in [1.807, 2.05) is 0 Å². The first-order chi connectivity index (χ1) is 16.3. The highest BCUT2D eigenvalue weighted by Gasteiger charge is 2.27. The first kappa shape index (κ1) is 24.5. The number of urea groups is 1. The van der Waals surface area contributed by atoms with E-state index in [-0.39, 0.29) is 16.1 Å². The molecule has 3 rings (SSSR count). The van der Waals surface area contributed by atoms with E-state index in [2.05, 4.69) is 15.4 Å². The Morgan fingerprint density at radius 2 is 1.53 bits per heavy atom. The summed E-state index contributed by atoms with van der Waals surface area (Å²) in [6.07, 6.45) is -1.40. The van der Waals surface area contributed by atoms with Crippen LogP contribution in [-0.4, -0.2) is 32.9 Å². The standard InChI is InChI=1S/C24H23N3O6S/c1-2-25-24(30)26-22(28)21(17-10-5-3-6-11-17)33-23(29)18-12-9-13-19(16-18)27-34(31,32)20-14-7-4-8-15-20/h3-16,21,27H,2H2,1H3,(H2,25,26,28,30). The average molecular weight is 482 g/mol. The number of hydrogen-bond acceptors (Lipinski definition) is 6. The summed E-state index contributed by atoms with van der Waals surface area (Å²) in [6, 6.07) is 20.9. The largest absolute Gasteiger partial charge is 0.444 e. The minimum atomic E-state index is -3.86. The number of carbonyl (C=O) groups is 3. The fourth-order valence-corrected chi connectivity index (χ4v) is 4.05. The van der Waals surface area contributed by atoms with E-state index in [1.165, 1.54) is 36.4 Å². The summed E-state index contributed by atoms with van der Waals surface area (Å²) in [4.78, 5) is 37.4. The van der Waals surface area contributed by atoms with Crippen LogP contribution in [0.15, 0.2) is 89.8 Å². The van der Waals surface area contributed by atoms with Crippen molar-refractivity contribution in [3.8, 4) is 0 Å². The van der Waals surface area contributed by atoms with Gasteiger partial charge in [0.2, 0.25) is 6.10 Å². The van der Waals surface area contributed by atoms with Crippen molar-refractivity contribution in [2.45, 2.75) is 17.9 Å². The monoisotopic (exact) mass is 481 g/mol. The van der Waals surface area contributed by atoms with E-state index in [9.17, 15) is 22.8 Å². The molecule has 9 nitrogen and oxygen atoms in total. The fraction of sp³-hybridized carbons (Fsp3) is 0.125. The van der Waals surface area contributed by atoms with Gasteiger partial charge >= 0.3 is 12.0 Å². The molecule has 34 heavy (non-hydrogen) atoms. The van der Waals surface area contributed by atoms with Crippen LogP contribution in [-0.2, 0) is 19.6 Å². The van der Waals surface area contributed by atoms with E-state index in [1.54, 1.807) is 55.5 Å². The highest BCUT2D eigenvalue weighted by molar-refractivity contribution is 7.92. The van der Waals surface area contributed by atoms with Gasteiger partial charge < -0.3 is 10.1 Å². The molecule has 176 valence electrons. The van der Waals surface area contributed by atoms with Crippen LogP contribution in [0.5, 0.6) is 0 Å². The van der Waals surface area contributed by atoms with Crippen molar-refractivity contribution in [1.29, 1.82) is 0 Å². The number of carbonyl (C=O) groups excluding carboxylic acids is 3. The van der Waals surface area contributed by atoms with Crippen molar-refractivity contribution in [1.82, 2.24) is 10.6 Å². The first-order valence-corrected chi connectivity index (χ1v) is 11.8. The Morgan fingerprint density at radius 1 is 0.882 bits per heavy atom. The van der Waals surface area contributed by atoms with Crippen LogP contribution in [0.25, 0.3) is 0 Å². The molecule has 3 N–H and O–H groups in total. The van der Waals surface area contributed by atoms with E-state index in [0.717, 1.165) is 0 Å². The maximum atomic E-state index is 12.9. The van der Waals surface area contributed by atoms with Crippen molar-refractivity contribution in [3.63, 3.8) is 0 Å². The molecule has 0 aliphatic rings. The second kappa shape index (κ2) is 11.1. The van der Waals surface area contributed by atoms with Gasteiger partial charge in [0.25, 0.3) is 15.9 Å². The minimum absolute atomic E-state index is 0.0139. The molecular formula is C24H23N3O6S. The summed E-state index contributed by atoms with van der Waals surface area (Å²) in [5, 5.41) is 4.57. The highest BCUT2D eigenvalue weighted by atomic mass is 32.2. The van der Waals surface area contributed by atoms with Crippen LogP contribution in [0.3, 0.4) is 0 Å². The van der Waals surface area contributed by atoms with Gasteiger partial charge in [-0.3, -0.25) is 14.8 Å². The molecule has 0 heterocycles. The molecule has 0 aromatic heterocycles. The molecule has 0 spiro atoms. The summed E-state index contributed by atoms with van der Waals surface area (Å²) in [7, 11) is -3.86. The zero-order chi connectivity index (χ0) is 24.6. The number of ether oxygens (including phenoxy) is 1. The highest BCUT2D eigenvalue weighted by Crippen LogP contribution is 2.22. The number of sulfonamides is 1. The van der Waals surface area contributed by atoms with Crippen LogP contribution in [0.1, 0.15) is 28.9 Å². The molecule has 0 aliphatic heterocycles. The number of benzene rings is 3. The van der Waals surface area contributed by atoms with Crippen molar-refractivity contribution in [2.24, 2.45) is 0 Å². The molecule has 0 fully saturated rings.